The maximum Gasteiger partial charge on any atom is 0.303 e. The highest BCUT2D eigenvalue weighted by Gasteiger charge is 2.42. The minimum Gasteiger partial charge on any atom is -0.481 e. The van der Waals surface area contributed by atoms with Gasteiger partial charge in [-0.2, -0.15) is 0 Å². The number of carbonyl (C=O) groups is 1. The van der Waals surface area contributed by atoms with E-state index < -0.39 is 24.3 Å². The highest BCUT2D eigenvalue weighted by molar-refractivity contribution is 7.09. The Morgan fingerprint density at radius 3 is 2.67 bits per heavy atom. The third-order valence-electron chi connectivity index (χ3n) is 5.55. The summed E-state index contributed by atoms with van der Waals surface area (Å²) in [6, 6.07) is 0. The molecule has 1 aliphatic carbocycles. The molecular formula is C20H36FO5P. The third kappa shape index (κ3) is 8.99. The Hall–Kier alpha value is -0.550. The van der Waals surface area contributed by atoms with Gasteiger partial charge in [0.05, 0.1) is 18.3 Å². The van der Waals surface area contributed by atoms with Crippen LogP contribution in [0.1, 0.15) is 71.1 Å². The zero-order valence-corrected chi connectivity index (χ0v) is 17.5. The Balaban J connectivity index is 2.51. The number of rotatable bonds is 14. The first kappa shape index (κ1) is 24.5. The normalized spacial score (nSPS) is 27.9. The second-order valence-corrected chi connectivity index (χ2v) is 7.87. The molecule has 1 fully saturated rings. The number of halogens is 1. The number of hydrogen-bond donors (Lipinski definition) is 3. The van der Waals surface area contributed by atoms with Crippen molar-refractivity contribution in [1.29, 1.82) is 0 Å². The van der Waals surface area contributed by atoms with Gasteiger partial charge in [-0.15, -0.1) is 0 Å². The summed E-state index contributed by atoms with van der Waals surface area (Å²) in [7, 11) is 2.25. The first-order valence-electron chi connectivity index (χ1n) is 10.1. The number of allylic oxidation sites excluding steroid dienone is 2. The van der Waals surface area contributed by atoms with E-state index in [9.17, 15) is 19.4 Å². The van der Waals surface area contributed by atoms with Crippen LogP contribution in [0.15, 0.2) is 12.2 Å². The molecule has 0 saturated heterocycles. The van der Waals surface area contributed by atoms with Crippen molar-refractivity contribution < 1.29 is 29.0 Å². The summed E-state index contributed by atoms with van der Waals surface area (Å²) < 4.78 is 19.4. The maximum absolute atomic E-state index is 14.0. The molecule has 1 rings (SSSR count). The number of carboxylic acids is 1. The van der Waals surface area contributed by atoms with E-state index in [1.165, 1.54) is 0 Å². The van der Waals surface area contributed by atoms with Gasteiger partial charge in [0.15, 0.2) is 0 Å². The largest absolute Gasteiger partial charge is 0.481 e. The molecule has 3 N–H and O–H groups in total. The number of alkyl halides is 1. The lowest BCUT2D eigenvalue weighted by atomic mass is 9.85. The molecule has 0 heterocycles. The number of aliphatic hydroxyl groups excluding tert-OH is 2. The van der Waals surface area contributed by atoms with E-state index in [4.69, 9.17) is 9.63 Å². The standard InChI is InChI=1S/C20H36FO5P/c1-2-3-9-16(21)17(22)12-11-15-14(18(23)13-19(15)26-27)8-6-4-5-7-10-20(24)25/h4,6,14-19,22-23H,2-3,5,7-13,27H2,1H3,(H,24,25)/b6-4+. The van der Waals surface area contributed by atoms with Crippen molar-refractivity contribution in [2.75, 3.05) is 0 Å². The average molecular weight is 406 g/mol. The zero-order valence-electron chi connectivity index (χ0n) is 16.3. The summed E-state index contributed by atoms with van der Waals surface area (Å²) in [4.78, 5) is 10.5. The fourth-order valence-electron chi connectivity index (χ4n) is 3.91. The van der Waals surface area contributed by atoms with Gasteiger partial charge in [-0.1, -0.05) is 31.9 Å². The summed E-state index contributed by atoms with van der Waals surface area (Å²) in [6.07, 6.45) is 6.90. The van der Waals surface area contributed by atoms with Gasteiger partial charge >= 0.3 is 5.97 Å². The first-order valence-corrected chi connectivity index (χ1v) is 10.6. The Morgan fingerprint density at radius 1 is 1.30 bits per heavy atom. The van der Waals surface area contributed by atoms with Crippen LogP contribution in [0, 0.1) is 11.8 Å². The quantitative estimate of drug-likeness (QED) is 0.230. The fraction of sp³-hybridized carbons (Fsp3) is 0.850. The van der Waals surface area contributed by atoms with Crippen LogP contribution in [-0.4, -0.2) is 45.8 Å². The van der Waals surface area contributed by atoms with Gasteiger partial charge in [0, 0.05) is 22.3 Å². The summed E-state index contributed by atoms with van der Waals surface area (Å²) in [5, 5.41) is 29.1. The molecule has 0 bridgehead atoms. The second kappa shape index (κ2) is 13.6. The SMILES string of the molecule is CCCCC(F)C(O)CCC1C(OP)CC(O)C1C/C=C/CCCC(=O)O. The Kier molecular flexibility index (Phi) is 12.3. The third-order valence-corrected chi connectivity index (χ3v) is 5.90. The van der Waals surface area contributed by atoms with E-state index in [1.54, 1.807) is 0 Å². The van der Waals surface area contributed by atoms with Gasteiger partial charge in [-0.25, -0.2) is 4.39 Å². The van der Waals surface area contributed by atoms with Crippen molar-refractivity contribution in [2.24, 2.45) is 11.8 Å². The molecule has 0 aromatic rings. The molecule has 0 aromatic carbocycles. The smallest absolute Gasteiger partial charge is 0.303 e. The van der Waals surface area contributed by atoms with Crippen molar-refractivity contribution in [3.8, 4) is 0 Å². The number of hydrogen-bond acceptors (Lipinski definition) is 4. The Bertz CT molecular complexity index is 448. The van der Waals surface area contributed by atoms with Crippen LogP contribution in [0.2, 0.25) is 0 Å². The van der Waals surface area contributed by atoms with E-state index in [0.717, 1.165) is 12.8 Å². The molecular weight excluding hydrogens is 370 g/mol. The molecule has 0 spiro atoms. The Labute approximate surface area is 164 Å². The van der Waals surface area contributed by atoms with Crippen LogP contribution >= 0.6 is 9.47 Å². The second-order valence-electron chi connectivity index (χ2n) is 7.60. The van der Waals surface area contributed by atoms with Crippen LogP contribution in [-0.2, 0) is 9.32 Å². The van der Waals surface area contributed by atoms with Crippen molar-refractivity contribution in [3.05, 3.63) is 12.2 Å². The van der Waals surface area contributed by atoms with Gasteiger partial charge in [0.25, 0.3) is 0 Å². The van der Waals surface area contributed by atoms with Crippen molar-refractivity contribution >= 4 is 15.4 Å². The highest BCUT2D eigenvalue weighted by atomic mass is 31.0. The summed E-state index contributed by atoms with van der Waals surface area (Å²) in [6.45, 7) is 2.00. The molecule has 7 atom stereocenters. The lowest BCUT2D eigenvalue weighted by Crippen LogP contribution is -2.27. The highest BCUT2D eigenvalue weighted by Crippen LogP contribution is 2.41. The van der Waals surface area contributed by atoms with Crippen LogP contribution in [0.5, 0.6) is 0 Å². The Morgan fingerprint density at radius 2 is 2.04 bits per heavy atom. The van der Waals surface area contributed by atoms with Crippen molar-refractivity contribution in [3.63, 3.8) is 0 Å². The molecule has 1 saturated carbocycles. The first-order chi connectivity index (χ1) is 12.9. The van der Waals surface area contributed by atoms with Crippen LogP contribution < -0.4 is 0 Å². The monoisotopic (exact) mass is 406 g/mol. The minimum atomic E-state index is -1.20. The molecule has 5 nitrogen and oxygen atoms in total. The molecule has 7 unspecified atom stereocenters. The van der Waals surface area contributed by atoms with Crippen LogP contribution in [0.4, 0.5) is 4.39 Å². The molecule has 0 aliphatic heterocycles. The number of aliphatic carboxylic acids is 1. The predicted octanol–water partition coefficient (Wildman–Crippen LogP) is 4.03. The van der Waals surface area contributed by atoms with E-state index in [1.807, 2.05) is 19.1 Å². The lowest BCUT2D eigenvalue weighted by molar-refractivity contribution is -0.137. The van der Waals surface area contributed by atoms with E-state index >= 15 is 0 Å². The molecule has 27 heavy (non-hydrogen) atoms. The summed E-state index contributed by atoms with van der Waals surface area (Å²) >= 11 is 0. The van der Waals surface area contributed by atoms with Crippen LogP contribution in [0.3, 0.4) is 0 Å². The lowest BCUT2D eigenvalue weighted by Gasteiger charge is -2.25. The van der Waals surface area contributed by atoms with Crippen molar-refractivity contribution in [2.45, 2.75) is 95.6 Å². The summed E-state index contributed by atoms with van der Waals surface area (Å²) in [5.74, 6) is -0.722. The fourth-order valence-corrected chi connectivity index (χ4v) is 4.23. The van der Waals surface area contributed by atoms with Gasteiger partial charge in [0.1, 0.15) is 6.17 Å². The number of aliphatic hydroxyl groups is 2. The van der Waals surface area contributed by atoms with Crippen LogP contribution in [0.25, 0.3) is 0 Å². The van der Waals surface area contributed by atoms with E-state index in [2.05, 4.69) is 9.47 Å². The topological polar surface area (TPSA) is 87.0 Å². The molecule has 0 radical (unpaired) electrons. The predicted molar refractivity (Wildman–Crippen MR) is 107 cm³/mol. The average Bonchev–Trinajstić information content (AvgIpc) is 2.95. The molecule has 158 valence electrons. The van der Waals surface area contributed by atoms with E-state index in [-0.39, 0.29) is 24.4 Å². The number of carboxylic acid groups (broad SMARTS) is 1. The van der Waals surface area contributed by atoms with Gasteiger partial charge in [-0.3, -0.25) is 4.79 Å². The zero-order chi connectivity index (χ0) is 20.2. The molecule has 7 heteroatoms. The molecule has 0 aromatic heterocycles. The number of unbranched alkanes of at least 4 members (excludes halogenated alkanes) is 2. The minimum absolute atomic E-state index is 0.00665. The molecule has 0 amide bonds. The maximum atomic E-state index is 14.0. The summed E-state index contributed by atoms with van der Waals surface area (Å²) in [5.41, 5.74) is 0. The van der Waals surface area contributed by atoms with Crippen molar-refractivity contribution in [1.82, 2.24) is 0 Å². The van der Waals surface area contributed by atoms with Gasteiger partial charge in [0.2, 0.25) is 0 Å². The van der Waals surface area contributed by atoms with E-state index in [0.29, 0.717) is 44.9 Å². The van der Waals surface area contributed by atoms with Gasteiger partial charge in [-0.05, 0) is 50.4 Å². The molecule has 1 aliphatic rings. The van der Waals surface area contributed by atoms with Gasteiger partial charge < -0.3 is 19.8 Å².